The lowest BCUT2D eigenvalue weighted by Gasteiger charge is -2.21. The summed E-state index contributed by atoms with van der Waals surface area (Å²) in [5, 5.41) is 11.9. The number of amides is 1. The van der Waals surface area contributed by atoms with Gasteiger partial charge >= 0.3 is 12.1 Å². The van der Waals surface area contributed by atoms with E-state index in [4.69, 9.17) is 23.1 Å². The maximum atomic E-state index is 12.2. The first-order chi connectivity index (χ1) is 16.0. The lowest BCUT2D eigenvalue weighted by atomic mass is 10.2. The molecule has 34 heavy (non-hydrogen) atoms. The topological polar surface area (TPSA) is 157 Å². The Morgan fingerprint density at radius 2 is 1.88 bits per heavy atom. The molecule has 0 aliphatic rings. The van der Waals surface area contributed by atoms with Crippen LogP contribution in [0.3, 0.4) is 0 Å². The van der Waals surface area contributed by atoms with E-state index in [-0.39, 0.29) is 29.1 Å². The molecule has 0 bridgehead atoms. The minimum Gasteiger partial charge on any atom is -0.476 e. The number of ether oxygens (including phenoxy) is 1. The van der Waals surface area contributed by atoms with Crippen molar-refractivity contribution >= 4 is 12.1 Å². The molecule has 3 rings (SSSR count). The van der Waals surface area contributed by atoms with Crippen LogP contribution in [0.25, 0.3) is 23.2 Å². The van der Waals surface area contributed by atoms with Gasteiger partial charge in [-0.15, -0.1) is 0 Å². The molecule has 0 aliphatic heterocycles. The number of aromatic nitrogens is 3. The Kier molecular flexibility index (Phi) is 7.40. The third-order valence-corrected chi connectivity index (χ3v) is 4.55. The van der Waals surface area contributed by atoms with Crippen molar-refractivity contribution in [3.63, 3.8) is 0 Å². The average molecular weight is 476 g/mol. The van der Waals surface area contributed by atoms with Crippen molar-refractivity contribution in [3.05, 3.63) is 29.9 Å². The van der Waals surface area contributed by atoms with Crippen LogP contribution in [0.1, 0.15) is 62.3 Å². The molecule has 0 saturated heterocycles. The molecule has 12 nitrogen and oxygen atoms in total. The van der Waals surface area contributed by atoms with Crippen LogP contribution in [0.4, 0.5) is 4.79 Å². The van der Waals surface area contributed by atoms with Gasteiger partial charge in [-0.2, -0.15) is 0 Å². The van der Waals surface area contributed by atoms with Crippen LogP contribution in [0.5, 0.6) is 0 Å². The summed E-state index contributed by atoms with van der Waals surface area (Å²) in [6.07, 6.45) is 2.82. The second-order valence-corrected chi connectivity index (χ2v) is 8.87. The van der Waals surface area contributed by atoms with Gasteiger partial charge in [0.1, 0.15) is 29.9 Å². The number of carbonyl (C=O) groups is 2. The number of oxazole rings is 3. The fourth-order valence-corrected chi connectivity index (χ4v) is 2.94. The molecule has 0 spiro atoms. The van der Waals surface area contributed by atoms with E-state index in [1.54, 1.807) is 20.8 Å². The summed E-state index contributed by atoms with van der Waals surface area (Å²) in [6, 6.07) is -0.517. The van der Waals surface area contributed by atoms with Gasteiger partial charge in [0.15, 0.2) is 17.1 Å². The maximum Gasteiger partial charge on any atom is 0.408 e. The van der Waals surface area contributed by atoms with Crippen molar-refractivity contribution in [1.82, 2.24) is 25.2 Å². The molecular formula is C22H29N5O7. The van der Waals surface area contributed by atoms with E-state index < -0.39 is 23.7 Å². The fraction of sp³-hybridized carbons (Fsp3) is 0.500. The molecule has 1 amide bonds. The van der Waals surface area contributed by atoms with Crippen LogP contribution >= 0.6 is 0 Å². The Morgan fingerprint density at radius 1 is 1.15 bits per heavy atom. The number of carboxylic acid groups (broad SMARTS) is 1. The highest BCUT2D eigenvalue weighted by molar-refractivity contribution is 5.85. The standard InChI is InChI=1S/C22H29N5O7/c1-7-12(25-21(30)34-22(2,3)4)17-23-13(10-31-17)18-26-16(15(33-18)8-9-27(5)6)19-24-14(11-32-19)20(28)29/h10-12H,7-9H2,1-6H3,(H,25,30)(H,28,29). The van der Waals surface area contributed by atoms with Gasteiger partial charge in [-0.25, -0.2) is 24.5 Å². The van der Waals surface area contributed by atoms with Gasteiger partial charge in [0, 0.05) is 13.0 Å². The number of rotatable bonds is 9. The maximum absolute atomic E-state index is 12.2. The molecule has 1 atom stereocenters. The van der Waals surface area contributed by atoms with Crippen molar-refractivity contribution < 1.29 is 32.7 Å². The minimum atomic E-state index is -1.21. The van der Waals surface area contributed by atoms with Gasteiger partial charge in [0.2, 0.25) is 17.7 Å². The highest BCUT2D eigenvalue weighted by Crippen LogP contribution is 2.30. The zero-order chi connectivity index (χ0) is 25.0. The number of hydrogen-bond acceptors (Lipinski definition) is 10. The highest BCUT2D eigenvalue weighted by Gasteiger charge is 2.26. The second kappa shape index (κ2) is 10.1. The first kappa shape index (κ1) is 25.0. The summed E-state index contributed by atoms with van der Waals surface area (Å²) >= 11 is 0. The van der Waals surface area contributed by atoms with E-state index in [0.29, 0.717) is 30.8 Å². The van der Waals surface area contributed by atoms with E-state index >= 15 is 0 Å². The summed E-state index contributed by atoms with van der Waals surface area (Å²) in [5.41, 5.74) is -0.280. The van der Waals surface area contributed by atoms with Crippen molar-refractivity contribution in [2.45, 2.75) is 52.2 Å². The van der Waals surface area contributed by atoms with Crippen LogP contribution in [-0.4, -0.2) is 63.3 Å². The van der Waals surface area contributed by atoms with Gasteiger partial charge in [-0.3, -0.25) is 0 Å². The number of carboxylic acids is 1. The van der Waals surface area contributed by atoms with Crippen LogP contribution in [0.2, 0.25) is 0 Å². The zero-order valence-electron chi connectivity index (χ0n) is 20.0. The van der Waals surface area contributed by atoms with Crippen LogP contribution in [0.15, 0.2) is 25.8 Å². The third-order valence-electron chi connectivity index (χ3n) is 4.55. The van der Waals surface area contributed by atoms with Gasteiger partial charge < -0.3 is 33.3 Å². The lowest BCUT2D eigenvalue weighted by Crippen LogP contribution is -2.34. The molecule has 1 unspecified atom stereocenters. The molecule has 0 aliphatic carbocycles. The predicted octanol–water partition coefficient (Wildman–Crippen LogP) is 3.76. The normalized spacial score (nSPS) is 12.7. The first-order valence-electron chi connectivity index (χ1n) is 10.8. The van der Waals surface area contributed by atoms with Crippen molar-refractivity contribution in [1.29, 1.82) is 0 Å². The SMILES string of the molecule is CCC(NC(=O)OC(C)(C)C)c1nc(-c2nc(-c3nc(C(=O)O)co3)c(CCN(C)C)o2)co1. The third kappa shape index (κ3) is 6.22. The van der Waals surface area contributed by atoms with Gasteiger partial charge in [-0.1, -0.05) is 6.92 Å². The second-order valence-electron chi connectivity index (χ2n) is 8.87. The van der Waals surface area contributed by atoms with Crippen LogP contribution < -0.4 is 5.32 Å². The fourth-order valence-electron chi connectivity index (χ4n) is 2.94. The summed E-state index contributed by atoms with van der Waals surface area (Å²) in [7, 11) is 3.83. The summed E-state index contributed by atoms with van der Waals surface area (Å²) in [6.45, 7) is 7.85. The molecule has 0 aromatic carbocycles. The monoisotopic (exact) mass is 475 g/mol. The Labute approximate surface area is 196 Å². The van der Waals surface area contributed by atoms with E-state index in [2.05, 4.69) is 20.3 Å². The summed E-state index contributed by atoms with van der Waals surface area (Å²) < 4.78 is 22.1. The Balaban J connectivity index is 1.88. The average Bonchev–Trinajstić information content (AvgIpc) is 3.47. The zero-order valence-corrected chi connectivity index (χ0v) is 20.0. The van der Waals surface area contributed by atoms with E-state index in [1.807, 2.05) is 25.9 Å². The van der Waals surface area contributed by atoms with E-state index in [1.165, 1.54) is 6.26 Å². The van der Waals surface area contributed by atoms with Crippen molar-refractivity contribution in [2.24, 2.45) is 0 Å². The molecule has 0 fully saturated rings. The molecule has 3 aromatic rings. The lowest BCUT2D eigenvalue weighted by molar-refractivity contribution is 0.0493. The molecule has 12 heteroatoms. The number of aromatic carboxylic acids is 1. The van der Waals surface area contributed by atoms with Gasteiger partial charge in [0.25, 0.3) is 0 Å². The molecule has 0 radical (unpaired) electrons. The number of carbonyl (C=O) groups excluding carboxylic acids is 1. The van der Waals surface area contributed by atoms with Crippen LogP contribution in [-0.2, 0) is 11.2 Å². The Bertz CT molecular complexity index is 1140. The quantitative estimate of drug-likeness (QED) is 0.464. The van der Waals surface area contributed by atoms with E-state index in [0.717, 1.165) is 6.26 Å². The van der Waals surface area contributed by atoms with Crippen molar-refractivity contribution in [3.8, 4) is 23.2 Å². The molecule has 184 valence electrons. The molecule has 2 N–H and O–H groups in total. The number of alkyl carbamates (subject to hydrolysis) is 1. The molecule has 0 saturated carbocycles. The minimum absolute atomic E-state index is 0.0305. The van der Waals surface area contributed by atoms with Crippen LogP contribution in [0, 0.1) is 0 Å². The number of hydrogen-bond donors (Lipinski definition) is 2. The summed E-state index contributed by atoms with van der Waals surface area (Å²) in [5.74, 6) is -0.296. The largest absolute Gasteiger partial charge is 0.476 e. The highest BCUT2D eigenvalue weighted by atomic mass is 16.6. The first-order valence-corrected chi connectivity index (χ1v) is 10.8. The predicted molar refractivity (Wildman–Crippen MR) is 119 cm³/mol. The molecule has 3 aromatic heterocycles. The number of nitrogens with zero attached hydrogens (tertiary/aromatic N) is 4. The van der Waals surface area contributed by atoms with E-state index in [9.17, 15) is 9.59 Å². The molecule has 3 heterocycles. The molecular weight excluding hydrogens is 446 g/mol. The Hall–Kier alpha value is -3.67. The van der Waals surface area contributed by atoms with Gasteiger partial charge in [0.05, 0.1) is 0 Å². The number of likely N-dealkylation sites (N-methyl/N-ethyl adjacent to an activating group) is 1. The Morgan fingerprint density at radius 3 is 2.47 bits per heavy atom. The number of nitrogens with one attached hydrogen (secondary N) is 1. The van der Waals surface area contributed by atoms with Crippen molar-refractivity contribution in [2.75, 3.05) is 20.6 Å². The summed E-state index contributed by atoms with van der Waals surface area (Å²) in [4.78, 5) is 38.2. The van der Waals surface area contributed by atoms with Gasteiger partial charge in [-0.05, 0) is 41.3 Å². The smallest absolute Gasteiger partial charge is 0.408 e.